The summed E-state index contributed by atoms with van der Waals surface area (Å²) < 4.78 is 12.5. The van der Waals surface area contributed by atoms with Gasteiger partial charge in [0.05, 0.1) is 29.6 Å². The van der Waals surface area contributed by atoms with Crippen LogP contribution in [-0.4, -0.2) is 50.3 Å². The number of aromatic nitrogens is 3. The number of aliphatic hydroxyl groups excluding tert-OH is 1. The van der Waals surface area contributed by atoms with Gasteiger partial charge in [0.25, 0.3) is 5.78 Å². The normalized spacial score (nSPS) is 16.5. The molecule has 0 bridgehead atoms. The number of ketones is 1. The maximum Gasteiger partial charge on any atom is 0.350 e. The largest absolute Gasteiger partial charge is 0.505 e. The lowest BCUT2D eigenvalue weighted by Gasteiger charge is -2.23. The second-order valence-corrected chi connectivity index (χ2v) is 9.92. The lowest BCUT2D eigenvalue weighted by atomic mass is 9.96. The average molecular weight is 559 g/mol. The summed E-state index contributed by atoms with van der Waals surface area (Å²) in [5, 5.41) is 11.8. The quantitative estimate of drug-likeness (QED) is 0.108. The summed E-state index contributed by atoms with van der Waals surface area (Å²) in [6.45, 7) is 9.15. The highest BCUT2D eigenvalue weighted by Crippen LogP contribution is 2.44. The Labute approximate surface area is 233 Å². The highest BCUT2D eigenvalue weighted by Gasteiger charge is 2.49. The Hall–Kier alpha value is -4.77. The van der Waals surface area contributed by atoms with Crippen LogP contribution in [0.5, 0.6) is 5.75 Å². The maximum atomic E-state index is 13.6. The number of nitrogens with zero attached hydrogens (tertiary/aromatic N) is 4. The molecule has 1 aromatic carbocycles. The summed E-state index contributed by atoms with van der Waals surface area (Å²) in [4.78, 5) is 50.2. The minimum Gasteiger partial charge on any atom is -0.505 e. The number of imidazole rings is 1. The number of Topliss-reactive ketones (excluding diaryl/α,β-unsaturated/α-hetero) is 1. The number of anilines is 1. The number of fused-ring (bicyclic) bond motifs is 1. The topological polar surface area (TPSA) is 123 Å². The Morgan fingerprint density at radius 3 is 2.70 bits per heavy atom. The zero-order valence-electron chi connectivity index (χ0n) is 22.1. The zero-order valence-corrected chi connectivity index (χ0v) is 22.9. The van der Waals surface area contributed by atoms with Crippen LogP contribution in [0.4, 0.5) is 5.13 Å². The third-order valence-corrected chi connectivity index (χ3v) is 7.50. The summed E-state index contributed by atoms with van der Waals surface area (Å²) in [6.07, 6.45) is 3.16. The number of thiazole rings is 1. The Balaban J connectivity index is 1.72. The van der Waals surface area contributed by atoms with Crippen LogP contribution in [0.2, 0.25) is 0 Å². The highest BCUT2D eigenvalue weighted by atomic mass is 32.1. The van der Waals surface area contributed by atoms with Gasteiger partial charge in [-0.2, -0.15) is 0 Å². The first-order chi connectivity index (χ1) is 19.3. The van der Waals surface area contributed by atoms with Crippen LogP contribution in [-0.2, 0) is 14.3 Å². The molecule has 1 N–H and O–H groups in total. The van der Waals surface area contributed by atoms with Gasteiger partial charge in [0.15, 0.2) is 10.9 Å². The molecule has 1 fully saturated rings. The molecular formula is C29H26N4O6S. The molecule has 40 heavy (non-hydrogen) atoms. The van der Waals surface area contributed by atoms with E-state index in [1.54, 1.807) is 60.8 Å². The minimum atomic E-state index is -1.06. The summed E-state index contributed by atoms with van der Waals surface area (Å²) in [6, 6.07) is 11.2. The minimum absolute atomic E-state index is 0.0128. The smallest absolute Gasteiger partial charge is 0.350 e. The second kappa shape index (κ2) is 10.8. The fourth-order valence-electron chi connectivity index (χ4n) is 4.69. The van der Waals surface area contributed by atoms with E-state index in [4.69, 9.17) is 9.47 Å². The first-order valence-electron chi connectivity index (χ1n) is 12.5. The summed E-state index contributed by atoms with van der Waals surface area (Å²) in [5.41, 5.74) is 2.08. The maximum absolute atomic E-state index is 13.6. The molecule has 5 rings (SSSR count). The van der Waals surface area contributed by atoms with Crippen LogP contribution >= 0.6 is 11.3 Å². The Bertz CT molecular complexity index is 1700. The average Bonchev–Trinajstić information content (AvgIpc) is 3.57. The molecule has 4 heterocycles. The van der Waals surface area contributed by atoms with Crippen LogP contribution in [0, 0.1) is 13.8 Å². The molecule has 0 spiro atoms. The zero-order chi connectivity index (χ0) is 28.6. The number of hydrogen-bond acceptors (Lipinski definition) is 9. The number of ether oxygens (including phenoxy) is 2. The number of esters is 1. The third kappa shape index (κ3) is 4.54. The van der Waals surface area contributed by atoms with Crippen LogP contribution < -0.4 is 9.64 Å². The van der Waals surface area contributed by atoms with Crippen molar-refractivity contribution in [2.24, 2.45) is 0 Å². The standard InChI is InChI=1S/C29H26N4O6S/c1-5-14-39-28(37)26-17(4)31-29(40-26)33-23(18-10-9-11-19(15-18)38-6-2)21(25(35)27(33)36)24(34)22-16(3)30-20-12-7-8-13-32(20)22/h5,7-13,15,23,34H,1,6,14H2,2-4H3. The van der Waals surface area contributed by atoms with E-state index < -0.39 is 23.7 Å². The molecule has 10 nitrogen and oxygen atoms in total. The lowest BCUT2D eigenvalue weighted by molar-refractivity contribution is -0.132. The van der Waals surface area contributed by atoms with Crippen molar-refractivity contribution in [2.75, 3.05) is 18.1 Å². The van der Waals surface area contributed by atoms with Gasteiger partial charge in [-0.25, -0.2) is 14.8 Å². The van der Waals surface area contributed by atoms with Gasteiger partial charge < -0.3 is 14.6 Å². The van der Waals surface area contributed by atoms with Gasteiger partial charge in [-0.05, 0) is 50.6 Å². The fourth-order valence-corrected chi connectivity index (χ4v) is 5.67. The van der Waals surface area contributed by atoms with E-state index in [0.717, 1.165) is 11.3 Å². The van der Waals surface area contributed by atoms with Crippen LogP contribution in [0.15, 0.2) is 66.9 Å². The molecule has 3 aromatic heterocycles. The van der Waals surface area contributed by atoms with E-state index in [9.17, 15) is 19.5 Å². The molecule has 1 atom stereocenters. The first-order valence-corrected chi connectivity index (χ1v) is 13.3. The number of pyridine rings is 1. The molecule has 11 heteroatoms. The molecule has 1 saturated heterocycles. The first kappa shape index (κ1) is 26.8. The number of amides is 1. The molecule has 0 saturated carbocycles. The van der Waals surface area contributed by atoms with Gasteiger partial charge in [-0.1, -0.05) is 42.2 Å². The van der Waals surface area contributed by atoms with Crippen molar-refractivity contribution in [2.45, 2.75) is 26.8 Å². The van der Waals surface area contributed by atoms with Gasteiger partial charge in [0.2, 0.25) is 0 Å². The van der Waals surface area contributed by atoms with E-state index in [-0.39, 0.29) is 27.9 Å². The van der Waals surface area contributed by atoms with Crippen LogP contribution in [0.25, 0.3) is 11.4 Å². The number of carbonyl (C=O) groups excluding carboxylic acids is 3. The van der Waals surface area contributed by atoms with Gasteiger partial charge in [0, 0.05) is 6.20 Å². The predicted molar refractivity (Wildman–Crippen MR) is 150 cm³/mol. The van der Waals surface area contributed by atoms with E-state index in [1.807, 2.05) is 13.0 Å². The van der Waals surface area contributed by atoms with Crippen molar-refractivity contribution in [1.82, 2.24) is 14.4 Å². The SMILES string of the molecule is C=CCOC(=O)c1sc(N2C(=O)C(=O)C(=C(O)c3c(C)nc4ccccn34)C2c2cccc(OCC)c2)nc1C. The number of hydrogen-bond donors (Lipinski definition) is 1. The summed E-state index contributed by atoms with van der Waals surface area (Å²) >= 11 is 0.931. The summed E-state index contributed by atoms with van der Waals surface area (Å²) in [5.74, 6) is -2.24. The van der Waals surface area contributed by atoms with E-state index in [2.05, 4.69) is 16.5 Å². The Morgan fingerprint density at radius 2 is 1.95 bits per heavy atom. The monoisotopic (exact) mass is 558 g/mol. The Morgan fingerprint density at radius 1 is 1.15 bits per heavy atom. The van der Waals surface area contributed by atoms with Crippen molar-refractivity contribution in [3.63, 3.8) is 0 Å². The van der Waals surface area contributed by atoms with Crippen LogP contribution in [0.1, 0.15) is 45.3 Å². The number of aryl methyl sites for hydroxylation is 2. The van der Waals surface area contributed by atoms with E-state index >= 15 is 0 Å². The predicted octanol–water partition coefficient (Wildman–Crippen LogP) is 4.78. The van der Waals surface area contributed by atoms with Crippen molar-refractivity contribution < 1.29 is 29.0 Å². The molecule has 4 aromatic rings. The highest BCUT2D eigenvalue weighted by molar-refractivity contribution is 7.17. The van der Waals surface area contributed by atoms with Crippen molar-refractivity contribution in [3.8, 4) is 5.75 Å². The second-order valence-electron chi connectivity index (χ2n) is 8.95. The van der Waals surface area contributed by atoms with E-state index in [0.29, 0.717) is 40.6 Å². The molecule has 204 valence electrons. The molecule has 1 aliphatic heterocycles. The molecule has 1 amide bonds. The van der Waals surface area contributed by atoms with Gasteiger partial charge in [0.1, 0.15) is 28.6 Å². The molecular weight excluding hydrogens is 532 g/mol. The number of carbonyl (C=O) groups is 3. The molecule has 0 aliphatic carbocycles. The van der Waals surface area contributed by atoms with Gasteiger partial charge >= 0.3 is 11.9 Å². The number of aliphatic hydroxyl groups is 1. The third-order valence-electron chi connectivity index (χ3n) is 6.37. The molecule has 1 aliphatic rings. The van der Waals surface area contributed by atoms with E-state index in [1.165, 1.54) is 11.0 Å². The van der Waals surface area contributed by atoms with Crippen molar-refractivity contribution in [3.05, 3.63) is 94.4 Å². The lowest BCUT2D eigenvalue weighted by Crippen LogP contribution is -2.29. The van der Waals surface area contributed by atoms with Crippen molar-refractivity contribution in [1.29, 1.82) is 0 Å². The molecule has 1 unspecified atom stereocenters. The van der Waals surface area contributed by atoms with Crippen LogP contribution in [0.3, 0.4) is 0 Å². The molecule has 0 radical (unpaired) electrons. The van der Waals surface area contributed by atoms with Gasteiger partial charge in [-0.3, -0.25) is 18.9 Å². The van der Waals surface area contributed by atoms with Gasteiger partial charge in [-0.15, -0.1) is 0 Å². The van der Waals surface area contributed by atoms with Crippen molar-refractivity contribution >= 4 is 45.5 Å². The fraction of sp³-hybridized carbons (Fsp3) is 0.207. The Kier molecular flexibility index (Phi) is 7.22. The summed E-state index contributed by atoms with van der Waals surface area (Å²) in [7, 11) is 0. The number of benzene rings is 1. The number of rotatable bonds is 8.